The minimum atomic E-state index is -0.304. The first-order valence-corrected chi connectivity index (χ1v) is 6.90. The highest BCUT2D eigenvalue weighted by Gasteiger charge is 2.12. The van der Waals surface area contributed by atoms with Gasteiger partial charge in [0.1, 0.15) is 0 Å². The highest BCUT2D eigenvalue weighted by molar-refractivity contribution is 5.97. The molecule has 0 aliphatic rings. The third-order valence-corrected chi connectivity index (χ3v) is 3.15. The number of hydrogen-bond acceptors (Lipinski definition) is 3. The van der Waals surface area contributed by atoms with E-state index in [1.807, 2.05) is 42.5 Å². The van der Waals surface area contributed by atoms with Crippen LogP contribution in [0.15, 0.2) is 73.1 Å². The van der Waals surface area contributed by atoms with E-state index in [4.69, 9.17) is 4.84 Å². The first kappa shape index (κ1) is 14.0. The van der Waals surface area contributed by atoms with Crippen molar-refractivity contribution in [1.82, 2.24) is 15.3 Å². The molecule has 0 aliphatic heterocycles. The molecule has 1 aromatic heterocycles. The number of hydrogen-bond donors (Lipinski definition) is 1. The summed E-state index contributed by atoms with van der Waals surface area (Å²) < 4.78 is 1.64. The van der Waals surface area contributed by atoms with Crippen LogP contribution in [0.4, 0.5) is 0 Å². The number of para-hydroxylation sites is 1. The smallest absolute Gasteiger partial charge is 0.269 e. The molecule has 1 heterocycles. The molecule has 0 atom stereocenters. The van der Waals surface area contributed by atoms with Gasteiger partial charge in [0.15, 0.2) is 0 Å². The molecule has 0 unspecified atom stereocenters. The van der Waals surface area contributed by atoms with Gasteiger partial charge in [0.2, 0.25) is 0 Å². The van der Waals surface area contributed by atoms with Crippen LogP contribution in [0.25, 0.3) is 5.69 Å². The number of rotatable bonds is 5. The molecule has 0 bridgehead atoms. The van der Waals surface area contributed by atoms with Crippen molar-refractivity contribution in [2.75, 3.05) is 0 Å². The van der Waals surface area contributed by atoms with Gasteiger partial charge in [0.05, 0.1) is 17.9 Å². The van der Waals surface area contributed by atoms with Crippen molar-refractivity contribution in [3.63, 3.8) is 0 Å². The maximum atomic E-state index is 12.3. The molecule has 5 nitrogen and oxygen atoms in total. The van der Waals surface area contributed by atoms with Crippen LogP contribution in [-0.4, -0.2) is 15.7 Å². The second-order valence-electron chi connectivity index (χ2n) is 4.67. The van der Waals surface area contributed by atoms with E-state index >= 15 is 0 Å². The van der Waals surface area contributed by atoms with E-state index in [1.165, 1.54) is 0 Å². The van der Waals surface area contributed by atoms with Crippen molar-refractivity contribution in [2.24, 2.45) is 0 Å². The maximum Gasteiger partial charge on any atom is 0.277 e. The number of aromatic nitrogens is 2. The van der Waals surface area contributed by atoms with Crippen LogP contribution in [0.5, 0.6) is 0 Å². The molecule has 0 aliphatic carbocycles. The summed E-state index contributed by atoms with van der Waals surface area (Å²) in [6, 6.07) is 18.7. The van der Waals surface area contributed by atoms with Gasteiger partial charge in [-0.2, -0.15) is 5.10 Å². The van der Waals surface area contributed by atoms with Crippen LogP contribution in [-0.2, 0) is 11.4 Å². The number of nitrogens with zero attached hydrogens (tertiary/aromatic N) is 2. The average Bonchev–Trinajstić information content (AvgIpc) is 3.10. The van der Waals surface area contributed by atoms with Gasteiger partial charge in [0, 0.05) is 12.4 Å². The molecule has 110 valence electrons. The number of nitrogens with one attached hydrogen (secondary N) is 1. The number of amides is 1. The Morgan fingerprint density at radius 3 is 2.59 bits per heavy atom. The summed E-state index contributed by atoms with van der Waals surface area (Å²) in [5, 5.41) is 4.15. The van der Waals surface area contributed by atoms with Gasteiger partial charge in [0.25, 0.3) is 5.91 Å². The highest BCUT2D eigenvalue weighted by atomic mass is 16.6. The predicted octanol–water partition coefficient (Wildman–Crippen LogP) is 2.73. The van der Waals surface area contributed by atoms with Crippen molar-refractivity contribution >= 4 is 5.91 Å². The summed E-state index contributed by atoms with van der Waals surface area (Å²) in [5.74, 6) is -0.304. The molecule has 5 heteroatoms. The van der Waals surface area contributed by atoms with Crippen molar-refractivity contribution in [3.05, 3.63) is 84.2 Å². The summed E-state index contributed by atoms with van der Waals surface area (Å²) >= 11 is 0. The zero-order valence-corrected chi connectivity index (χ0v) is 11.8. The van der Waals surface area contributed by atoms with Gasteiger partial charge in [-0.15, -0.1) is 0 Å². The lowest BCUT2D eigenvalue weighted by Crippen LogP contribution is -2.25. The van der Waals surface area contributed by atoms with Crippen LogP contribution in [0.1, 0.15) is 15.9 Å². The lowest BCUT2D eigenvalue weighted by molar-refractivity contribution is 0.0233. The zero-order valence-electron chi connectivity index (χ0n) is 11.8. The second kappa shape index (κ2) is 6.69. The molecule has 3 aromatic rings. The topological polar surface area (TPSA) is 56.1 Å². The largest absolute Gasteiger partial charge is 0.277 e. The first-order valence-electron chi connectivity index (χ1n) is 6.90. The Labute approximate surface area is 128 Å². The van der Waals surface area contributed by atoms with Gasteiger partial charge in [-0.05, 0) is 23.8 Å². The lowest BCUT2D eigenvalue weighted by atomic mass is 10.1. The molecule has 0 saturated heterocycles. The van der Waals surface area contributed by atoms with Crippen LogP contribution in [0.2, 0.25) is 0 Å². The van der Waals surface area contributed by atoms with Gasteiger partial charge in [-0.25, -0.2) is 10.2 Å². The number of benzene rings is 2. The van der Waals surface area contributed by atoms with Crippen molar-refractivity contribution in [2.45, 2.75) is 6.61 Å². The van der Waals surface area contributed by atoms with Crippen molar-refractivity contribution < 1.29 is 9.63 Å². The number of carbonyl (C=O) groups excluding carboxylic acids is 1. The van der Waals surface area contributed by atoms with Crippen LogP contribution >= 0.6 is 0 Å². The van der Waals surface area contributed by atoms with E-state index in [2.05, 4.69) is 10.6 Å². The Kier molecular flexibility index (Phi) is 4.27. The fourth-order valence-corrected chi connectivity index (χ4v) is 2.09. The summed E-state index contributed by atoms with van der Waals surface area (Å²) in [6.07, 6.45) is 3.46. The fourth-order valence-electron chi connectivity index (χ4n) is 2.09. The van der Waals surface area contributed by atoms with E-state index in [9.17, 15) is 4.79 Å². The van der Waals surface area contributed by atoms with E-state index in [0.29, 0.717) is 17.9 Å². The van der Waals surface area contributed by atoms with E-state index in [-0.39, 0.29) is 5.91 Å². The standard InChI is InChI=1S/C17H15N3O2/c21-17(19-22-13-14-7-2-1-3-8-14)15-9-4-5-10-16(15)20-12-6-11-18-20/h1-12H,13H2,(H,19,21). The molecule has 0 saturated carbocycles. The molecule has 0 fully saturated rings. The fraction of sp³-hybridized carbons (Fsp3) is 0.0588. The maximum absolute atomic E-state index is 12.3. The monoisotopic (exact) mass is 293 g/mol. The Morgan fingerprint density at radius 1 is 1.05 bits per heavy atom. The Hall–Kier alpha value is -2.92. The van der Waals surface area contributed by atoms with Crippen LogP contribution in [0.3, 0.4) is 0 Å². The lowest BCUT2D eigenvalue weighted by Gasteiger charge is -2.10. The highest BCUT2D eigenvalue weighted by Crippen LogP contribution is 2.13. The average molecular weight is 293 g/mol. The van der Waals surface area contributed by atoms with Crippen LogP contribution in [0, 0.1) is 0 Å². The summed E-state index contributed by atoms with van der Waals surface area (Å²) in [4.78, 5) is 17.6. The van der Waals surface area contributed by atoms with Crippen molar-refractivity contribution in [3.8, 4) is 5.69 Å². The molecular weight excluding hydrogens is 278 g/mol. The van der Waals surface area contributed by atoms with E-state index in [1.54, 1.807) is 35.3 Å². The van der Waals surface area contributed by atoms with Gasteiger partial charge in [-0.1, -0.05) is 42.5 Å². The third-order valence-electron chi connectivity index (χ3n) is 3.15. The van der Waals surface area contributed by atoms with Crippen LogP contribution < -0.4 is 5.48 Å². The first-order chi connectivity index (χ1) is 10.8. The minimum Gasteiger partial charge on any atom is -0.269 e. The molecule has 1 amide bonds. The SMILES string of the molecule is O=C(NOCc1ccccc1)c1ccccc1-n1cccn1. The Bertz CT molecular complexity index is 740. The molecule has 2 aromatic carbocycles. The van der Waals surface area contributed by atoms with Gasteiger partial charge in [-0.3, -0.25) is 9.63 Å². The Morgan fingerprint density at radius 2 is 1.82 bits per heavy atom. The molecule has 3 rings (SSSR count). The summed E-state index contributed by atoms with van der Waals surface area (Å²) in [7, 11) is 0. The Balaban J connectivity index is 1.68. The number of hydroxylamine groups is 1. The quantitative estimate of drug-likeness (QED) is 0.736. The second-order valence-corrected chi connectivity index (χ2v) is 4.67. The van der Waals surface area contributed by atoms with Gasteiger partial charge < -0.3 is 0 Å². The molecule has 0 spiro atoms. The summed E-state index contributed by atoms with van der Waals surface area (Å²) in [5.41, 5.74) is 4.66. The zero-order chi connectivity index (χ0) is 15.2. The minimum absolute atomic E-state index is 0.304. The number of carbonyl (C=O) groups is 1. The third kappa shape index (κ3) is 3.21. The van der Waals surface area contributed by atoms with E-state index in [0.717, 1.165) is 5.56 Å². The van der Waals surface area contributed by atoms with Crippen molar-refractivity contribution in [1.29, 1.82) is 0 Å². The molecule has 1 N–H and O–H groups in total. The summed E-state index contributed by atoms with van der Waals surface area (Å²) in [6.45, 7) is 0.316. The van der Waals surface area contributed by atoms with E-state index < -0.39 is 0 Å². The molecule has 0 radical (unpaired) electrons. The predicted molar refractivity (Wildman–Crippen MR) is 82.3 cm³/mol. The normalized spacial score (nSPS) is 10.4. The molecular formula is C17H15N3O2. The van der Waals surface area contributed by atoms with Gasteiger partial charge >= 0.3 is 0 Å². The molecule has 22 heavy (non-hydrogen) atoms.